The summed E-state index contributed by atoms with van der Waals surface area (Å²) in [5.41, 5.74) is 3.15. The lowest BCUT2D eigenvalue weighted by Crippen LogP contribution is -2.29. The number of ketones is 1. The van der Waals surface area contributed by atoms with Gasteiger partial charge in [0.15, 0.2) is 0 Å². The fourth-order valence-electron chi connectivity index (χ4n) is 3.72. The molecule has 5 nitrogen and oxygen atoms in total. The zero-order valence-corrected chi connectivity index (χ0v) is 17.0. The Labute approximate surface area is 178 Å². The number of aliphatic hydroxyl groups is 1. The molecule has 0 saturated carbocycles. The number of benzene rings is 3. The number of hydrogen-bond donors (Lipinski definition) is 2. The molecule has 1 unspecified atom stereocenters. The van der Waals surface area contributed by atoms with E-state index in [9.17, 15) is 24.2 Å². The van der Waals surface area contributed by atoms with E-state index in [1.165, 1.54) is 41.3 Å². The first-order valence-electron chi connectivity index (χ1n) is 9.71. The lowest BCUT2D eigenvalue weighted by atomic mass is 9.94. The van der Waals surface area contributed by atoms with Crippen LogP contribution in [0.15, 0.2) is 72.3 Å². The Morgan fingerprint density at radius 1 is 0.903 bits per heavy atom. The summed E-state index contributed by atoms with van der Waals surface area (Å²) < 4.78 is 13.5. The number of nitrogens with zero attached hydrogens (tertiary/aromatic N) is 1. The Morgan fingerprint density at radius 3 is 2.16 bits per heavy atom. The molecule has 156 valence electrons. The van der Waals surface area contributed by atoms with Crippen LogP contribution in [0.3, 0.4) is 0 Å². The van der Waals surface area contributed by atoms with Gasteiger partial charge in [-0.15, -0.1) is 0 Å². The first-order valence-corrected chi connectivity index (χ1v) is 9.71. The van der Waals surface area contributed by atoms with Gasteiger partial charge in [0.2, 0.25) is 0 Å². The van der Waals surface area contributed by atoms with E-state index in [1.54, 1.807) is 24.3 Å². The van der Waals surface area contributed by atoms with Gasteiger partial charge in [-0.25, -0.2) is 4.39 Å². The van der Waals surface area contributed by atoms with Crippen molar-refractivity contribution in [3.05, 3.63) is 100 Å². The van der Waals surface area contributed by atoms with Crippen LogP contribution in [0.2, 0.25) is 0 Å². The van der Waals surface area contributed by atoms with Crippen molar-refractivity contribution in [3.8, 4) is 5.75 Å². The fraction of sp³-hybridized carbons (Fsp3) is 0.120. The van der Waals surface area contributed by atoms with Gasteiger partial charge in [-0.2, -0.15) is 0 Å². The summed E-state index contributed by atoms with van der Waals surface area (Å²) in [6, 6.07) is 15.6. The lowest BCUT2D eigenvalue weighted by Gasteiger charge is -2.25. The second-order valence-electron chi connectivity index (χ2n) is 7.54. The average molecular weight is 417 g/mol. The van der Waals surface area contributed by atoms with Crippen LogP contribution in [0.4, 0.5) is 10.1 Å². The van der Waals surface area contributed by atoms with Crippen molar-refractivity contribution in [2.45, 2.75) is 19.9 Å². The topological polar surface area (TPSA) is 77.8 Å². The molecule has 1 fully saturated rings. The zero-order chi connectivity index (χ0) is 22.3. The van der Waals surface area contributed by atoms with E-state index >= 15 is 0 Å². The third-order valence-corrected chi connectivity index (χ3v) is 5.54. The Bertz CT molecular complexity index is 1210. The van der Waals surface area contributed by atoms with Crippen LogP contribution in [0.1, 0.15) is 28.3 Å². The number of phenols is 1. The maximum Gasteiger partial charge on any atom is 0.300 e. The Kier molecular flexibility index (Phi) is 5.07. The van der Waals surface area contributed by atoms with E-state index in [4.69, 9.17) is 0 Å². The van der Waals surface area contributed by atoms with Crippen LogP contribution < -0.4 is 4.90 Å². The Hall–Kier alpha value is -3.93. The minimum atomic E-state index is -0.937. The normalized spacial score (nSPS) is 17.9. The number of halogens is 1. The SMILES string of the molecule is Cc1ccc(/C(O)=C2/C(=O)C(=O)N(c3ccc(F)cc3)C2c2ccc(O)cc2)cc1C. The van der Waals surface area contributed by atoms with Crippen LogP contribution in [0, 0.1) is 19.7 Å². The number of amides is 1. The molecule has 0 radical (unpaired) electrons. The summed E-state index contributed by atoms with van der Waals surface area (Å²) in [5, 5.41) is 20.8. The first-order chi connectivity index (χ1) is 14.8. The van der Waals surface area contributed by atoms with Gasteiger partial charge in [-0.3, -0.25) is 14.5 Å². The summed E-state index contributed by atoms with van der Waals surface area (Å²) in [6.45, 7) is 3.82. The highest BCUT2D eigenvalue weighted by atomic mass is 19.1. The maximum absolute atomic E-state index is 13.5. The van der Waals surface area contributed by atoms with Crippen LogP contribution in [0.25, 0.3) is 5.76 Å². The minimum Gasteiger partial charge on any atom is -0.508 e. The minimum absolute atomic E-state index is 0.0247. The number of carbonyl (C=O) groups excluding carboxylic acids is 2. The van der Waals surface area contributed by atoms with Gasteiger partial charge in [-0.05, 0) is 73.0 Å². The molecule has 2 N–H and O–H groups in total. The first kappa shape index (κ1) is 20.3. The molecule has 0 spiro atoms. The number of aryl methyl sites for hydroxylation is 2. The van der Waals surface area contributed by atoms with Gasteiger partial charge in [0.1, 0.15) is 17.3 Å². The van der Waals surface area contributed by atoms with Crippen molar-refractivity contribution >= 4 is 23.1 Å². The summed E-state index contributed by atoms with van der Waals surface area (Å²) >= 11 is 0. The fourth-order valence-corrected chi connectivity index (χ4v) is 3.72. The molecule has 4 rings (SSSR count). The molecule has 0 aliphatic carbocycles. The molecule has 6 heteroatoms. The van der Waals surface area contributed by atoms with Gasteiger partial charge in [0.25, 0.3) is 11.7 Å². The molecule has 1 heterocycles. The second kappa shape index (κ2) is 7.72. The van der Waals surface area contributed by atoms with Crippen LogP contribution in [-0.2, 0) is 9.59 Å². The van der Waals surface area contributed by atoms with E-state index in [2.05, 4.69) is 0 Å². The van der Waals surface area contributed by atoms with Gasteiger partial charge in [0.05, 0.1) is 11.6 Å². The summed E-state index contributed by atoms with van der Waals surface area (Å²) in [4.78, 5) is 27.3. The number of anilines is 1. The molecule has 1 amide bonds. The maximum atomic E-state index is 13.5. The predicted molar refractivity (Wildman–Crippen MR) is 115 cm³/mol. The van der Waals surface area contributed by atoms with Crippen molar-refractivity contribution < 1.29 is 24.2 Å². The molecular weight excluding hydrogens is 397 g/mol. The van der Waals surface area contributed by atoms with Gasteiger partial charge in [0, 0.05) is 11.3 Å². The molecule has 0 aromatic heterocycles. The number of aliphatic hydroxyl groups excluding tert-OH is 1. The van der Waals surface area contributed by atoms with E-state index in [0.29, 0.717) is 16.8 Å². The number of carbonyl (C=O) groups is 2. The Balaban J connectivity index is 1.94. The van der Waals surface area contributed by atoms with E-state index < -0.39 is 23.5 Å². The molecule has 0 bridgehead atoms. The lowest BCUT2D eigenvalue weighted by molar-refractivity contribution is -0.132. The number of hydrogen-bond acceptors (Lipinski definition) is 4. The molecule has 1 aliphatic heterocycles. The molecule has 1 saturated heterocycles. The second-order valence-corrected chi connectivity index (χ2v) is 7.54. The number of Topliss-reactive ketones (excluding diaryl/α,β-unsaturated/α-hetero) is 1. The molecule has 1 aliphatic rings. The van der Waals surface area contributed by atoms with Crippen LogP contribution in [-0.4, -0.2) is 21.9 Å². The van der Waals surface area contributed by atoms with E-state index in [0.717, 1.165) is 11.1 Å². The quantitative estimate of drug-likeness (QED) is 0.365. The molecule has 3 aromatic carbocycles. The van der Waals surface area contributed by atoms with Gasteiger partial charge >= 0.3 is 0 Å². The summed E-state index contributed by atoms with van der Waals surface area (Å²) in [7, 11) is 0. The number of phenolic OH excluding ortho intramolecular Hbond substituents is 1. The highest BCUT2D eigenvalue weighted by molar-refractivity contribution is 6.51. The smallest absolute Gasteiger partial charge is 0.300 e. The van der Waals surface area contributed by atoms with Crippen molar-refractivity contribution in [2.75, 3.05) is 4.90 Å². The molecule has 1 atom stereocenters. The number of rotatable bonds is 3. The van der Waals surface area contributed by atoms with E-state index in [-0.39, 0.29) is 17.1 Å². The summed E-state index contributed by atoms with van der Waals surface area (Å²) in [6.07, 6.45) is 0. The third-order valence-electron chi connectivity index (χ3n) is 5.54. The van der Waals surface area contributed by atoms with Crippen LogP contribution in [0.5, 0.6) is 5.75 Å². The molecule has 31 heavy (non-hydrogen) atoms. The van der Waals surface area contributed by atoms with Crippen molar-refractivity contribution in [1.82, 2.24) is 0 Å². The monoisotopic (exact) mass is 417 g/mol. The van der Waals surface area contributed by atoms with Crippen molar-refractivity contribution in [3.63, 3.8) is 0 Å². The molecule has 3 aromatic rings. The zero-order valence-electron chi connectivity index (χ0n) is 17.0. The van der Waals surface area contributed by atoms with Crippen LogP contribution >= 0.6 is 0 Å². The van der Waals surface area contributed by atoms with Gasteiger partial charge in [-0.1, -0.05) is 24.3 Å². The highest BCUT2D eigenvalue weighted by Crippen LogP contribution is 2.42. The van der Waals surface area contributed by atoms with Crippen molar-refractivity contribution in [2.24, 2.45) is 0 Å². The Morgan fingerprint density at radius 2 is 1.55 bits per heavy atom. The molecular formula is C25H20FNO4. The third kappa shape index (κ3) is 3.57. The predicted octanol–water partition coefficient (Wildman–Crippen LogP) is 4.77. The largest absolute Gasteiger partial charge is 0.508 e. The number of aromatic hydroxyl groups is 1. The van der Waals surface area contributed by atoms with Crippen molar-refractivity contribution in [1.29, 1.82) is 0 Å². The standard InChI is InChI=1S/C25H20FNO4/c1-14-3-4-17(13-15(14)2)23(29)21-22(16-5-11-20(28)12-6-16)27(25(31)24(21)30)19-9-7-18(26)8-10-19/h3-13,22,28-29H,1-2H3/b23-21-. The van der Waals surface area contributed by atoms with Gasteiger partial charge < -0.3 is 10.2 Å². The summed E-state index contributed by atoms with van der Waals surface area (Å²) in [5.74, 6) is -2.40. The van der Waals surface area contributed by atoms with E-state index in [1.807, 2.05) is 19.9 Å². The highest BCUT2D eigenvalue weighted by Gasteiger charge is 2.47. The average Bonchev–Trinajstić information content (AvgIpc) is 3.01.